The Balaban J connectivity index is 1.38. The molecule has 1 aliphatic heterocycles. The number of benzene rings is 2. The fraction of sp³-hybridized carbons (Fsp3) is 0.391. The first-order valence-corrected chi connectivity index (χ1v) is 10.0. The SMILES string of the molecule is Cc1ccc(C(=O)NCC2CC2)cc1NC(=O)[C@H]1CC[C@@H](c2ccccc2)O1. The summed E-state index contributed by atoms with van der Waals surface area (Å²) in [6.45, 7) is 2.65. The third kappa shape index (κ3) is 4.42. The second-order valence-electron chi connectivity index (χ2n) is 7.77. The van der Waals surface area contributed by atoms with Crippen molar-refractivity contribution < 1.29 is 14.3 Å². The van der Waals surface area contributed by atoms with Crippen molar-refractivity contribution in [3.8, 4) is 0 Å². The van der Waals surface area contributed by atoms with Gasteiger partial charge >= 0.3 is 0 Å². The lowest BCUT2D eigenvalue weighted by Crippen LogP contribution is -2.28. The molecule has 2 amide bonds. The quantitative estimate of drug-likeness (QED) is 0.799. The number of rotatable bonds is 6. The van der Waals surface area contributed by atoms with Crippen molar-refractivity contribution in [1.82, 2.24) is 5.32 Å². The average molecular weight is 378 g/mol. The molecule has 0 aromatic heterocycles. The molecule has 146 valence electrons. The van der Waals surface area contributed by atoms with E-state index in [1.54, 1.807) is 12.1 Å². The van der Waals surface area contributed by atoms with Crippen LogP contribution in [-0.2, 0) is 9.53 Å². The first-order chi connectivity index (χ1) is 13.6. The van der Waals surface area contributed by atoms with Gasteiger partial charge in [-0.05, 0) is 61.8 Å². The van der Waals surface area contributed by atoms with E-state index >= 15 is 0 Å². The maximum Gasteiger partial charge on any atom is 0.253 e. The van der Waals surface area contributed by atoms with Crippen LogP contribution in [0.3, 0.4) is 0 Å². The van der Waals surface area contributed by atoms with Crippen molar-refractivity contribution in [2.75, 3.05) is 11.9 Å². The van der Waals surface area contributed by atoms with E-state index in [9.17, 15) is 9.59 Å². The van der Waals surface area contributed by atoms with Crippen LogP contribution in [0.1, 0.15) is 53.3 Å². The van der Waals surface area contributed by atoms with E-state index in [1.165, 1.54) is 12.8 Å². The monoisotopic (exact) mass is 378 g/mol. The van der Waals surface area contributed by atoms with E-state index in [-0.39, 0.29) is 17.9 Å². The number of nitrogens with one attached hydrogen (secondary N) is 2. The van der Waals surface area contributed by atoms with Crippen LogP contribution in [-0.4, -0.2) is 24.5 Å². The van der Waals surface area contributed by atoms with E-state index in [2.05, 4.69) is 10.6 Å². The van der Waals surface area contributed by atoms with Gasteiger partial charge < -0.3 is 15.4 Å². The minimum Gasteiger partial charge on any atom is -0.360 e. The van der Waals surface area contributed by atoms with Crippen LogP contribution in [0.15, 0.2) is 48.5 Å². The molecule has 2 aliphatic rings. The van der Waals surface area contributed by atoms with Gasteiger partial charge in [0.15, 0.2) is 0 Å². The number of hydrogen-bond acceptors (Lipinski definition) is 3. The Kier molecular flexibility index (Phi) is 5.44. The maximum absolute atomic E-state index is 12.7. The van der Waals surface area contributed by atoms with E-state index in [4.69, 9.17) is 4.74 Å². The lowest BCUT2D eigenvalue weighted by molar-refractivity contribution is -0.126. The molecular weight excluding hydrogens is 352 g/mol. The number of carbonyl (C=O) groups excluding carboxylic acids is 2. The molecule has 28 heavy (non-hydrogen) atoms. The topological polar surface area (TPSA) is 67.4 Å². The van der Waals surface area contributed by atoms with Crippen molar-refractivity contribution in [3.63, 3.8) is 0 Å². The zero-order valence-electron chi connectivity index (χ0n) is 16.1. The first kappa shape index (κ1) is 18.7. The van der Waals surface area contributed by atoms with Crippen molar-refractivity contribution >= 4 is 17.5 Å². The molecular formula is C23H26N2O3. The normalized spacial score (nSPS) is 21.3. The Morgan fingerprint density at radius 1 is 1.04 bits per heavy atom. The minimum absolute atomic E-state index is 0.0439. The highest BCUT2D eigenvalue weighted by molar-refractivity contribution is 5.99. The standard InChI is InChI=1S/C23H26N2O3/c1-15-7-10-18(22(26)24-14-16-8-9-16)13-19(15)25-23(27)21-12-11-20(28-21)17-5-3-2-4-6-17/h2-7,10,13,16,20-21H,8-9,11-12,14H2,1H3,(H,24,26)(H,25,27)/t20-,21+/m0/s1. The van der Waals surface area contributed by atoms with Crippen LogP contribution in [0.25, 0.3) is 0 Å². The summed E-state index contributed by atoms with van der Waals surface area (Å²) in [6, 6.07) is 15.4. The molecule has 1 saturated carbocycles. The molecule has 5 nitrogen and oxygen atoms in total. The number of aryl methyl sites for hydroxylation is 1. The van der Waals surface area contributed by atoms with E-state index < -0.39 is 6.10 Å². The summed E-state index contributed by atoms with van der Waals surface area (Å²) >= 11 is 0. The Labute approximate surface area is 165 Å². The van der Waals surface area contributed by atoms with Crippen molar-refractivity contribution in [2.24, 2.45) is 5.92 Å². The highest BCUT2D eigenvalue weighted by Gasteiger charge is 2.31. The average Bonchev–Trinajstić information content (AvgIpc) is 3.41. The molecule has 0 unspecified atom stereocenters. The van der Waals surface area contributed by atoms with E-state index in [0.29, 0.717) is 23.6 Å². The fourth-order valence-corrected chi connectivity index (χ4v) is 3.52. The van der Waals surface area contributed by atoms with Gasteiger partial charge in [0.25, 0.3) is 11.8 Å². The molecule has 5 heteroatoms. The third-order valence-electron chi connectivity index (χ3n) is 5.49. The summed E-state index contributed by atoms with van der Waals surface area (Å²) in [5, 5.41) is 5.92. The van der Waals surface area contributed by atoms with Crippen LogP contribution in [0.2, 0.25) is 0 Å². The highest BCUT2D eigenvalue weighted by Crippen LogP contribution is 2.33. The summed E-state index contributed by atoms with van der Waals surface area (Å²) in [7, 11) is 0. The second-order valence-corrected chi connectivity index (χ2v) is 7.77. The molecule has 1 aliphatic carbocycles. The smallest absolute Gasteiger partial charge is 0.253 e. The van der Waals surface area contributed by atoms with Gasteiger partial charge in [-0.1, -0.05) is 36.4 Å². The van der Waals surface area contributed by atoms with Gasteiger partial charge in [-0.25, -0.2) is 0 Å². The van der Waals surface area contributed by atoms with Crippen LogP contribution in [0, 0.1) is 12.8 Å². The van der Waals surface area contributed by atoms with Gasteiger partial charge in [0, 0.05) is 17.8 Å². The lowest BCUT2D eigenvalue weighted by Gasteiger charge is -2.16. The van der Waals surface area contributed by atoms with Crippen LogP contribution >= 0.6 is 0 Å². The summed E-state index contributed by atoms with van der Waals surface area (Å²) in [5.41, 5.74) is 3.25. The Hall–Kier alpha value is -2.66. The summed E-state index contributed by atoms with van der Waals surface area (Å²) in [4.78, 5) is 25.0. The number of ether oxygens (including phenoxy) is 1. The van der Waals surface area contributed by atoms with Crippen LogP contribution in [0.4, 0.5) is 5.69 Å². The molecule has 0 radical (unpaired) electrons. The largest absolute Gasteiger partial charge is 0.360 e. The lowest BCUT2D eigenvalue weighted by atomic mass is 10.1. The summed E-state index contributed by atoms with van der Waals surface area (Å²) < 4.78 is 5.98. The minimum atomic E-state index is -0.475. The van der Waals surface area contributed by atoms with Gasteiger partial charge in [0.05, 0.1) is 6.10 Å². The molecule has 2 fully saturated rings. The predicted molar refractivity (Wildman–Crippen MR) is 108 cm³/mol. The molecule has 0 spiro atoms. The maximum atomic E-state index is 12.7. The van der Waals surface area contributed by atoms with Gasteiger partial charge in [0.2, 0.25) is 0 Å². The van der Waals surface area contributed by atoms with Crippen molar-refractivity contribution in [3.05, 3.63) is 65.2 Å². The van der Waals surface area contributed by atoms with Gasteiger partial charge in [0.1, 0.15) is 6.10 Å². The number of hydrogen-bond donors (Lipinski definition) is 2. The molecule has 2 atom stereocenters. The predicted octanol–water partition coefficient (Wildman–Crippen LogP) is 3.99. The molecule has 2 aromatic rings. The van der Waals surface area contributed by atoms with Gasteiger partial charge in [-0.3, -0.25) is 9.59 Å². The molecule has 4 rings (SSSR count). The first-order valence-electron chi connectivity index (χ1n) is 10.0. The van der Waals surface area contributed by atoms with Crippen LogP contribution in [0.5, 0.6) is 0 Å². The molecule has 1 heterocycles. The van der Waals surface area contributed by atoms with Crippen LogP contribution < -0.4 is 10.6 Å². The van der Waals surface area contributed by atoms with Gasteiger partial charge in [-0.15, -0.1) is 0 Å². The number of amides is 2. The Morgan fingerprint density at radius 2 is 1.82 bits per heavy atom. The highest BCUT2D eigenvalue weighted by atomic mass is 16.5. The zero-order chi connectivity index (χ0) is 19.5. The Morgan fingerprint density at radius 3 is 2.57 bits per heavy atom. The van der Waals surface area contributed by atoms with E-state index in [1.807, 2.05) is 43.3 Å². The van der Waals surface area contributed by atoms with E-state index in [0.717, 1.165) is 24.1 Å². The molecule has 2 N–H and O–H groups in total. The van der Waals surface area contributed by atoms with Gasteiger partial charge in [-0.2, -0.15) is 0 Å². The fourth-order valence-electron chi connectivity index (χ4n) is 3.52. The molecule has 2 aromatic carbocycles. The summed E-state index contributed by atoms with van der Waals surface area (Å²) in [6.07, 6.45) is 3.38. The van der Waals surface area contributed by atoms with Crippen molar-refractivity contribution in [2.45, 2.75) is 44.8 Å². The Bertz CT molecular complexity index is 861. The second kappa shape index (κ2) is 8.15. The third-order valence-corrected chi connectivity index (χ3v) is 5.49. The number of anilines is 1. The zero-order valence-corrected chi connectivity index (χ0v) is 16.1. The molecule has 0 bridgehead atoms. The van der Waals surface area contributed by atoms with Crippen molar-refractivity contribution in [1.29, 1.82) is 0 Å². The molecule has 1 saturated heterocycles. The number of carbonyl (C=O) groups is 2. The summed E-state index contributed by atoms with van der Waals surface area (Å²) in [5.74, 6) is 0.381.